The average Bonchev–Trinajstić information content (AvgIpc) is 4.04. The zero-order chi connectivity index (χ0) is 45.1. The number of hydrogen-bond acceptors (Lipinski definition) is 8. The van der Waals surface area contributed by atoms with E-state index in [9.17, 15) is 28.8 Å². The molecule has 0 bridgehead atoms. The molecular weight excluding hydrogens is 787 g/mol. The molecule has 1 aromatic heterocycles. The van der Waals surface area contributed by atoms with Gasteiger partial charge in [0.05, 0.1) is 17.1 Å². The van der Waals surface area contributed by atoms with Crippen molar-refractivity contribution in [2.24, 2.45) is 29.4 Å². The summed E-state index contributed by atoms with van der Waals surface area (Å²) in [6.07, 6.45) is 6.59. The van der Waals surface area contributed by atoms with E-state index >= 15 is 0 Å². The first-order valence-electron chi connectivity index (χ1n) is 22.6. The Kier molecular flexibility index (Phi) is 17.1. The first-order chi connectivity index (χ1) is 29.6. The standard InChI is InChI=1S/C47H69N9O6/c1-8-29(6)40(42-50-34-21-14-20-33(41(34)53-42)32-18-10-9-11-19-32)55-43(58)35(25-31-16-12-13-17-31)51-44(59)37(26-48)52-46(61)39(28(4)5)54-45(60)38-22-15-23-56(38)47(62)36(24-27(2)3)49-30(7)57/h9-11,14,18-21,27-29,31,35-40H,8,12-13,15-17,22-26,48H2,1-7H3,(H,49,57)(H,50,53)(H,51,59)(H,52,61)(H,54,60)(H,55,58)/t29-,35-,36-,37-,38-,39-,40-/m0/s1. The molecule has 6 amide bonds. The molecule has 3 aromatic rings. The number of nitrogens with two attached hydrogens (primary N) is 1. The predicted molar refractivity (Wildman–Crippen MR) is 240 cm³/mol. The number of para-hydroxylation sites is 1. The van der Waals surface area contributed by atoms with Crippen LogP contribution in [0, 0.1) is 23.7 Å². The van der Waals surface area contributed by atoms with Crippen LogP contribution >= 0.6 is 0 Å². The maximum Gasteiger partial charge on any atom is 0.245 e. The Hall–Kier alpha value is -5.31. The number of fused-ring (bicyclic) bond motifs is 1. The second kappa shape index (κ2) is 22.2. The Morgan fingerprint density at radius 3 is 2.10 bits per heavy atom. The fourth-order valence-electron chi connectivity index (χ4n) is 8.82. The molecule has 338 valence electrons. The van der Waals surface area contributed by atoms with Gasteiger partial charge in [0, 0.05) is 25.6 Å². The highest BCUT2D eigenvalue weighted by Gasteiger charge is 2.40. The van der Waals surface area contributed by atoms with E-state index in [1.54, 1.807) is 13.8 Å². The Balaban J connectivity index is 1.30. The lowest BCUT2D eigenvalue weighted by atomic mass is 9.95. The largest absolute Gasteiger partial charge is 0.345 e. The van der Waals surface area contributed by atoms with Gasteiger partial charge in [-0.1, -0.05) is 116 Å². The number of rotatable bonds is 20. The van der Waals surface area contributed by atoms with Gasteiger partial charge in [0.2, 0.25) is 35.4 Å². The summed E-state index contributed by atoms with van der Waals surface area (Å²) in [6, 6.07) is 10.8. The molecule has 0 unspecified atom stereocenters. The lowest BCUT2D eigenvalue weighted by molar-refractivity contribution is -0.142. The molecule has 7 atom stereocenters. The second-order valence-corrected chi connectivity index (χ2v) is 18.1. The van der Waals surface area contributed by atoms with Crippen LogP contribution in [-0.4, -0.2) is 93.6 Å². The summed E-state index contributed by atoms with van der Waals surface area (Å²) < 4.78 is 0. The van der Waals surface area contributed by atoms with Crippen LogP contribution in [0.4, 0.5) is 0 Å². The van der Waals surface area contributed by atoms with Crippen LogP contribution in [0.5, 0.6) is 0 Å². The van der Waals surface area contributed by atoms with Crippen molar-refractivity contribution in [2.75, 3.05) is 13.1 Å². The number of aromatic amines is 1. The van der Waals surface area contributed by atoms with E-state index in [1.807, 2.05) is 62.4 Å². The molecule has 62 heavy (non-hydrogen) atoms. The van der Waals surface area contributed by atoms with Gasteiger partial charge in [-0.15, -0.1) is 0 Å². The molecule has 1 saturated heterocycles. The molecule has 2 heterocycles. The van der Waals surface area contributed by atoms with Crippen LogP contribution in [-0.2, 0) is 28.8 Å². The highest BCUT2D eigenvalue weighted by molar-refractivity contribution is 5.97. The molecule has 1 aliphatic heterocycles. The number of amides is 6. The molecule has 0 spiro atoms. The third-order valence-electron chi connectivity index (χ3n) is 12.4. The molecule has 0 radical (unpaired) electrons. The molecule has 15 heteroatoms. The van der Waals surface area contributed by atoms with E-state index in [0.29, 0.717) is 38.1 Å². The molecule has 5 rings (SSSR count). The number of carbonyl (C=O) groups excluding carboxylic acids is 6. The van der Waals surface area contributed by atoms with E-state index < -0.39 is 54.0 Å². The van der Waals surface area contributed by atoms with Gasteiger partial charge < -0.3 is 42.2 Å². The van der Waals surface area contributed by atoms with E-state index in [2.05, 4.69) is 45.4 Å². The summed E-state index contributed by atoms with van der Waals surface area (Å²) in [5, 5.41) is 14.5. The Bertz CT molecular complexity index is 2010. The van der Waals surface area contributed by atoms with Gasteiger partial charge in [0.15, 0.2) is 0 Å². The molecular formula is C47H69N9O6. The van der Waals surface area contributed by atoms with Crippen LogP contribution in [0.1, 0.15) is 118 Å². The van der Waals surface area contributed by atoms with Crippen LogP contribution in [0.3, 0.4) is 0 Å². The number of likely N-dealkylation sites (tertiary alicyclic amines) is 1. The maximum absolute atomic E-state index is 14.4. The minimum absolute atomic E-state index is 0.00474. The summed E-state index contributed by atoms with van der Waals surface area (Å²) in [5.41, 5.74) is 9.78. The summed E-state index contributed by atoms with van der Waals surface area (Å²) in [4.78, 5) is 91.7. The van der Waals surface area contributed by atoms with Gasteiger partial charge >= 0.3 is 0 Å². The first kappa shape index (κ1) is 47.7. The van der Waals surface area contributed by atoms with Crippen LogP contribution in [0.25, 0.3) is 22.2 Å². The SMILES string of the molecule is CC[C@H](C)[C@H](NC(=O)[C@H](CC1CCCC1)NC(=O)[C@H](CN)NC(=O)[C@@H](NC(=O)[C@@H]1CCCN1C(=O)[C@H](CC(C)C)NC(C)=O)C(C)C)c1nc2c(-c3ccccc3)cccc2[nH]1. The van der Waals surface area contributed by atoms with E-state index in [4.69, 9.17) is 10.7 Å². The normalized spacial score (nSPS) is 18.5. The highest BCUT2D eigenvalue weighted by atomic mass is 16.2. The van der Waals surface area contributed by atoms with Gasteiger partial charge in [-0.2, -0.15) is 0 Å². The van der Waals surface area contributed by atoms with Crippen molar-refractivity contribution in [2.45, 2.75) is 143 Å². The highest BCUT2D eigenvalue weighted by Crippen LogP contribution is 2.32. The quantitative estimate of drug-likeness (QED) is 0.0848. The monoisotopic (exact) mass is 856 g/mol. The number of imidazole rings is 1. The number of aromatic nitrogens is 2. The molecule has 2 aromatic carbocycles. The topological polar surface area (TPSA) is 221 Å². The van der Waals surface area contributed by atoms with Crippen LogP contribution in [0.2, 0.25) is 0 Å². The number of hydrogen-bond donors (Lipinski definition) is 7. The maximum atomic E-state index is 14.4. The van der Waals surface area contributed by atoms with Gasteiger partial charge in [-0.3, -0.25) is 28.8 Å². The van der Waals surface area contributed by atoms with Crippen molar-refractivity contribution in [1.82, 2.24) is 41.5 Å². The number of H-pyrrole nitrogens is 1. The van der Waals surface area contributed by atoms with Crippen molar-refractivity contribution in [3.8, 4) is 11.1 Å². The molecule has 15 nitrogen and oxygen atoms in total. The van der Waals surface area contributed by atoms with Crippen LogP contribution < -0.4 is 32.3 Å². The third-order valence-corrected chi connectivity index (χ3v) is 12.4. The van der Waals surface area contributed by atoms with Gasteiger partial charge in [0.25, 0.3) is 0 Å². The smallest absolute Gasteiger partial charge is 0.245 e. The first-order valence-corrected chi connectivity index (χ1v) is 22.6. The van der Waals surface area contributed by atoms with Crippen LogP contribution in [0.15, 0.2) is 48.5 Å². The number of nitrogens with zero attached hydrogens (tertiary/aromatic N) is 2. The minimum atomic E-state index is -1.20. The summed E-state index contributed by atoms with van der Waals surface area (Å²) >= 11 is 0. The van der Waals surface area contributed by atoms with Gasteiger partial charge in [-0.25, -0.2) is 4.98 Å². The van der Waals surface area contributed by atoms with E-state index in [1.165, 1.54) is 11.8 Å². The molecule has 1 saturated carbocycles. The van der Waals surface area contributed by atoms with Crippen molar-refractivity contribution < 1.29 is 28.8 Å². The van der Waals surface area contributed by atoms with Crippen molar-refractivity contribution in [1.29, 1.82) is 0 Å². The molecule has 2 aliphatic rings. The fraction of sp³-hybridized carbons (Fsp3) is 0.596. The summed E-state index contributed by atoms with van der Waals surface area (Å²) in [6.45, 7) is 13.0. The summed E-state index contributed by atoms with van der Waals surface area (Å²) in [7, 11) is 0. The van der Waals surface area contributed by atoms with Crippen molar-refractivity contribution in [3.63, 3.8) is 0 Å². The minimum Gasteiger partial charge on any atom is -0.345 e. The summed E-state index contributed by atoms with van der Waals surface area (Å²) in [5.74, 6) is -2.14. The number of carbonyl (C=O) groups is 6. The zero-order valence-electron chi connectivity index (χ0n) is 37.6. The third kappa shape index (κ3) is 12.2. The average molecular weight is 856 g/mol. The number of benzene rings is 2. The Morgan fingerprint density at radius 2 is 1.47 bits per heavy atom. The fourth-order valence-corrected chi connectivity index (χ4v) is 8.82. The van der Waals surface area contributed by atoms with Crippen molar-refractivity contribution in [3.05, 3.63) is 54.4 Å². The second-order valence-electron chi connectivity index (χ2n) is 18.1. The van der Waals surface area contributed by atoms with E-state index in [0.717, 1.165) is 54.3 Å². The van der Waals surface area contributed by atoms with Gasteiger partial charge in [-0.05, 0) is 61.0 Å². The Labute approximate surface area is 366 Å². The molecule has 2 fully saturated rings. The lowest BCUT2D eigenvalue weighted by Gasteiger charge is -2.31. The zero-order valence-corrected chi connectivity index (χ0v) is 37.6. The lowest BCUT2D eigenvalue weighted by Crippen LogP contribution is -2.61. The van der Waals surface area contributed by atoms with Gasteiger partial charge in [0.1, 0.15) is 36.0 Å². The molecule has 8 N–H and O–H groups in total. The Morgan fingerprint density at radius 1 is 0.790 bits per heavy atom. The van der Waals surface area contributed by atoms with E-state index in [-0.39, 0.29) is 47.9 Å². The van der Waals surface area contributed by atoms with Crippen molar-refractivity contribution >= 4 is 46.5 Å². The predicted octanol–water partition coefficient (Wildman–Crippen LogP) is 4.62. The molecule has 1 aliphatic carbocycles. The number of nitrogens with one attached hydrogen (secondary N) is 6.